The van der Waals surface area contributed by atoms with E-state index in [2.05, 4.69) is 26.0 Å². The first kappa shape index (κ1) is 10.5. The lowest BCUT2D eigenvalue weighted by Crippen LogP contribution is -1.97. The van der Waals surface area contributed by atoms with Crippen molar-refractivity contribution in [3.8, 4) is 11.6 Å². The smallest absolute Gasteiger partial charge is 0.217 e. The summed E-state index contributed by atoms with van der Waals surface area (Å²) in [6, 6.07) is 7.47. The fourth-order valence-electron chi connectivity index (χ4n) is 1.59. The number of halogens is 1. The van der Waals surface area contributed by atoms with E-state index in [1.165, 1.54) is 0 Å². The van der Waals surface area contributed by atoms with E-state index in [0.717, 1.165) is 11.2 Å². The largest absolute Gasteiger partial charge is 0.446 e. The highest BCUT2D eigenvalue weighted by Crippen LogP contribution is 2.22. The summed E-state index contributed by atoms with van der Waals surface area (Å²) in [6.07, 6.45) is 1.84. The zero-order valence-corrected chi connectivity index (χ0v) is 10.4. The summed E-state index contributed by atoms with van der Waals surface area (Å²) in [5.74, 6) is 1.19. The summed E-state index contributed by atoms with van der Waals surface area (Å²) in [6.45, 7) is 0.491. The molecule has 3 aromatic heterocycles. The van der Waals surface area contributed by atoms with Crippen molar-refractivity contribution >= 4 is 21.6 Å². The average Bonchev–Trinajstić information content (AvgIpc) is 2.93. The molecule has 0 unspecified atom stereocenters. The zero-order valence-electron chi connectivity index (χ0n) is 8.80. The Labute approximate surface area is 105 Å². The fourth-order valence-corrected chi connectivity index (χ4v) is 1.90. The van der Waals surface area contributed by atoms with Gasteiger partial charge in [0.2, 0.25) is 5.82 Å². The fraction of sp³-hybridized carbons (Fsp3) is 0.0909. The highest BCUT2D eigenvalue weighted by molar-refractivity contribution is 9.10. The van der Waals surface area contributed by atoms with E-state index in [0.29, 0.717) is 22.8 Å². The van der Waals surface area contributed by atoms with Gasteiger partial charge in [0.25, 0.3) is 0 Å². The van der Waals surface area contributed by atoms with Gasteiger partial charge < -0.3 is 10.2 Å². The Morgan fingerprint density at radius 2 is 2.24 bits per heavy atom. The third-order valence-corrected chi connectivity index (χ3v) is 2.86. The van der Waals surface area contributed by atoms with Crippen LogP contribution in [0.3, 0.4) is 0 Å². The first-order valence-electron chi connectivity index (χ1n) is 5.07. The van der Waals surface area contributed by atoms with Gasteiger partial charge >= 0.3 is 0 Å². The van der Waals surface area contributed by atoms with Gasteiger partial charge in [0.05, 0.1) is 0 Å². The molecule has 0 aromatic carbocycles. The Morgan fingerprint density at radius 3 is 2.94 bits per heavy atom. The van der Waals surface area contributed by atoms with Crippen LogP contribution in [0, 0.1) is 0 Å². The van der Waals surface area contributed by atoms with E-state index in [1.54, 1.807) is 4.52 Å². The number of furan rings is 1. The van der Waals surface area contributed by atoms with E-state index >= 15 is 0 Å². The Balaban J connectivity index is 2.13. The van der Waals surface area contributed by atoms with Crippen molar-refractivity contribution in [3.05, 3.63) is 40.7 Å². The van der Waals surface area contributed by atoms with Crippen LogP contribution in [0.25, 0.3) is 17.2 Å². The van der Waals surface area contributed by atoms with Crippen molar-refractivity contribution < 1.29 is 4.42 Å². The standard InChI is InChI=1S/C11H9BrN4O/c12-9-2-1-8(17-9)11-14-10-5-7(6-13)3-4-16(10)15-11/h1-5H,6,13H2. The van der Waals surface area contributed by atoms with Gasteiger partial charge in [-0.25, -0.2) is 9.50 Å². The van der Waals surface area contributed by atoms with Gasteiger partial charge in [-0.1, -0.05) is 0 Å². The Hall–Kier alpha value is -1.66. The number of aromatic nitrogens is 3. The summed E-state index contributed by atoms with van der Waals surface area (Å²) in [5.41, 5.74) is 7.36. The van der Waals surface area contributed by atoms with Crippen LogP contribution in [0.1, 0.15) is 5.56 Å². The molecule has 17 heavy (non-hydrogen) atoms. The minimum atomic E-state index is 0.491. The maximum Gasteiger partial charge on any atom is 0.217 e. The summed E-state index contributed by atoms with van der Waals surface area (Å²) in [5, 5.41) is 4.32. The van der Waals surface area contributed by atoms with Gasteiger partial charge in [0.15, 0.2) is 16.1 Å². The van der Waals surface area contributed by atoms with Crippen LogP contribution < -0.4 is 5.73 Å². The average molecular weight is 293 g/mol. The number of pyridine rings is 1. The van der Waals surface area contributed by atoms with Crippen molar-refractivity contribution in [2.75, 3.05) is 0 Å². The van der Waals surface area contributed by atoms with Gasteiger partial charge in [-0.3, -0.25) is 0 Å². The second-order valence-electron chi connectivity index (χ2n) is 3.58. The van der Waals surface area contributed by atoms with Crippen molar-refractivity contribution in [3.63, 3.8) is 0 Å². The highest BCUT2D eigenvalue weighted by Gasteiger charge is 2.10. The Kier molecular flexibility index (Phi) is 2.45. The molecule has 3 rings (SSSR count). The van der Waals surface area contributed by atoms with Crippen LogP contribution >= 0.6 is 15.9 Å². The molecule has 0 spiro atoms. The van der Waals surface area contributed by atoms with Gasteiger partial charge in [-0.2, -0.15) is 0 Å². The molecule has 0 atom stereocenters. The lowest BCUT2D eigenvalue weighted by Gasteiger charge is -1.94. The molecule has 0 amide bonds. The van der Waals surface area contributed by atoms with Crippen molar-refractivity contribution in [2.24, 2.45) is 5.73 Å². The first-order valence-corrected chi connectivity index (χ1v) is 5.86. The molecule has 2 N–H and O–H groups in total. The van der Waals surface area contributed by atoms with E-state index in [4.69, 9.17) is 10.2 Å². The van der Waals surface area contributed by atoms with Crippen LogP contribution in [-0.2, 0) is 6.54 Å². The van der Waals surface area contributed by atoms with Crippen LogP contribution in [0.5, 0.6) is 0 Å². The molecule has 0 aliphatic heterocycles. The number of hydrogen-bond acceptors (Lipinski definition) is 4. The third-order valence-electron chi connectivity index (χ3n) is 2.43. The molecule has 0 fully saturated rings. The van der Waals surface area contributed by atoms with Gasteiger partial charge in [0.1, 0.15) is 0 Å². The molecular weight excluding hydrogens is 284 g/mol. The van der Waals surface area contributed by atoms with E-state index in [9.17, 15) is 0 Å². The second kappa shape index (κ2) is 3.97. The topological polar surface area (TPSA) is 69.3 Å². The summed E-state index contributed by atoms with van der Waals surface area (Å²) < 4.78 is 7.77. The minimum absolute atomic E-state index is 0.491. The molecule has 0 saturated heterocycles. The monoisotopic (exact) mass is 292 g/mol. The van der Waals surface area contributed by atoms with Crippen molar-refractivity contribution in [1.82, 2.24) is 14.6 Å². The van der Waals surface area contributed by atoms with Crippen LogP contribution in [0.2, 0.25) is 0 Å². The maximum atomic E-state index is 5.58. The molecule has 3 aromatic rings. The highest BCUT2D eigenvalue weighted by atomic mass is 79.9. The number of fused-ring (bicyclic) bond motifs is 1. The number of nitrogens with zero attached hydrogens (tertiary/aromatic N) is 3. The van der Waals surface area contributed by atoms with Crippen molar-refractivity contribution in [1.29, 1.82) is 0 Å². The van der Waals surface area contributed by atoms with E-state index in [-0.39, 0.29) is 0 Å². The van der Waals surface area contributed by atoms with Crippen LogP contribution in [0.15, 0.2) is 39.5 Å². The molecule has 86 valence electrons. The molecule has 0 aliphatic rings. The molecule has 5 nitrogen and oxygen atoms in total. The summed E-state index contributed by atoms with van der Waals surface area (Å²) in [7, 11) is 0. The lowest BCUT2D eigenvalue weighted by atomic mass is 10.3. The number of nitrogens with two attached hydrogens (primary N) is 1. The molecule has 0 radical (unpaired) electrons. The molecule has 0 saturated carbocycles. The third kappa shape index (κ3) is 1.85. The van der Waals surface area contributed by atoms with Gasteiger partial charge in [0, 0.05) is 12.7 Å². The van der Waals surface area contributed by atoms with Crippen molar-refractivity contribution in [2.45, 2.75) is 6.54 Å². The summed E-state index contributed by atoms with van der Waals surface area (Å²) in [4.78, 5) is 4.39. The molecular formula is C11H9BrN4O. The van der Waals surface area contributed by atoms with E-state index in [1.807, 2.05) is 30.5 Å². The zero-order chi connectivity index (χ0) is 11.8. The minimum Gasteiger partial charge on any atom is -0.446 e. The molecule has 0 bridgehead atoms. The second-order valence-corrected chi connectivity index (χ2v) is 4.36. The Bertz CT molecular complexity index is 673. The van der Waals surface area contributed by atoms with Crippen LogP contribution in [0.4, 0.5) is 0 Å². The van der Waals surface area contributed by atoms with Gasteiger partial charge in [-0.15, -0.1) is 5.10 Å². The first-order chi connectivity index (χ1) is 8.26. The predicted molar refractivity (Wildman–Crippen MR) is 66.3 cm³/mol. The van der Waals surface area contributed by atoms with Gasteiger partial charge in [-0.05, 0) is 45.8 Å². The summed E-state index contributed by atoms with van der Waals surface area (Å²) >= 11 is 3.25. The Morgan fingerprint density at radius 1 is 1.35 bits per heavy atom. The van der Waals surface area contributed by atoms with E-state index < -0.39 is 0 Å². The molecule has 0 aliphatic carbocycles. The number of hydrogen-bond donors (Lipinski definition) is 1. The molecule has 3 heterocycles. The SMILES string of the molecule is NCc1ccn2nc(-c3ccc(Br)o3)nc2c1. The number of rotatable bonds is 2. The normalized spacial score (nSPS) is 11.2. The maximum absolute atomic E-state index is 5.58. The quantitative estimate of drug-likeness (QED) is 0.786. The lowest BCUT2D eigenvalue weighted by molar-refractivity contribution is 0.551. The van der Waals surface area contributed by atoms with Crippen LogP contribution in [-0.4, -0.2) is 14.6 Å². The molecule has 6 heteroatoms. The predicted octanol–water partition coefficient (Wildman–Crippen LogP) is 2.21.